The smallest absolute Gasteiger partial charge is 0.343 e. The quantitative estimate of drug-likeness (QED) is 0.437. The number of rotatable bonds is 5. The molecular formula is C21H15BrO4. The molecule has 0 saturated carbocycles. The summed E-state index contributed by atoms with van der Waals surface area (Å²) in [6, 6.07) is 22.6. The molecule has 0 saturated heterocycles. The van der Waals surface area contributed by atoms with Crippen LogP contribution in [0.5, 0.6) is 5.75 Å². The van der Waals surface area contributed by atoms with Gasteiger partial charge in [-0.2, -0.15) is 0 Å². The van der Waals surface area contributed by atoms with E-state index in [2.05, 4.69) is 15.9 Å². The molecule has 0 heterocycles. The summed E-state index contributed by atoms with van der Waals surface area (Å²) < 4.78 is 11.4. The second kappa shape index (κ2) is 8.45. The average molecular weight is 411 g/mol. The molecule has 0 spiro atoms. The number of halogens is 1. The first-order valence-corrected chi connectivity index (χ1v) is 8.70. The van der Waals surface area contributed by atoms with Gasteiger partial charge in [-0.25, -0.2) is 9.59 Å². The highest BCUT2D eigenvalue weighted by Gasteiger charge is 2.11. The number of carbonyl (C=O) groups is 2. The summed E-state index contributed by atoms with van der Waals surface area (Å²) in [5, 5.41) is 0. The second-order valence-corrected chi connectivity index (χ2v) is 6.40. The van der Waals surface area contributed by atoms with Crippen LogP contribution in [0.3, 0.4) is 0 Å². The molecule has 3 aromatic carbocycles. The SMILES string of the molecule is O=C(OCc1ccccc1)c1ccc(OC(=O)c2ccc(Br)cc2)cc1. The van der Waals surface area contributed by atoms with Crippen LogP contribution in [0.1, 0.15) is 26.3 Å². The molecule has 0 aliphatic heterocycles. The first kappa shape index (κ1) is 17.9. The highest BCUT2D eigenvalue weighted by atomic mass is 79.9. The molecule has 0 bridgehead atoms. The maximum Gasteiger partial charge on any atom is 0.343 e. The summed E-state index contributed by atoms with van der Waals surface area (Å²) in [5.41, 5.74) is 1.75. The van der Waals surface area contributed by atoms with E-state index in [-0.39, 0.29) is 6.61 Å². The summed E-state index contributed by atoms with van der Waals surface area (Å²) in [5.74, 6) is -0.533. The van der Waals surface area contributed by atoms with E-state index in [4.69, 9.17) is 9.47 Å². The predicted molar refractivity (Wildman–Crippen MR) is 101 cm³/mol. The maximum atomic E-state index is 12.1. The van der Waals surface area contributed by atoms with Crippen molar-refractivity contribution in [3.8, 4) is 5.75 Å². The van der Waals surface area contributed by atoms with Gasteiger partial charge in [-0.1, -0.05) is 46.3 Å². The number of benzene rings is 3. The van der Waals surface area contributed by atoms with Gasteiger partial charge in [-0.15, -0.1) is 0 Å². The molecule has 0 atom stereocenters. The fraction of sp³-hybridized carbons (Fsp3) is 0.0476. The lowest BCUT2D eigenvalue weighted by atomic mass is 10.2. The van der Waals surface area contributed by atoms with Gasteiger partial charge in [0.15, 0.2) is 0 Å². The lowest BCUT2D eigenvalue weighted by Crippen LogP contribution is -2.09. The summed E-state index contributed by atoms with van der Waals surface area (Å²) in [6.07, 6.45) is 0. The minimum absolute atomic E-state index is 0.208. The first-order valence-electron chi connectivity index (χ1n) is 7.91. The van der Waals surface area contributed by atoms with E-state index in [9.17, 15) is 9.59 Å². The van der Waals surface area contributed by atoms with Gasteiger partial charge in [0.25, 0.3) is 0 Å². The minimum Gasteiger partial charge on any atom is -0.457 e. The molecule has 0 amide bonds. The molecule has 0 unspecified atom stereocenters. The van der Waals surface area contributed by atoms with Crippen molar-refractivity contribution in [3.05, 3.63) is 100 Å². The van der Waals surface area contributed by atoms with Crippen molar-refractivity contribution in [1.82, 2.24) is 0 Å². The van der Waals surface area contributed by atoms with Crippen LogP contribution in [0.2, 0.25) is 0 Å². The Labute approximate surface area is 159 Å². The molecule has 0 aliphatic rings. The average Bonchev–Trinajstić information content (AvgIpc) is 2.68. The van der Waals surface area contributed by atoms with Crippen molar-refractivity contribution in [2.45, 2.75) is 6.61 Å². The van der Waals surface area contributed by atoms with Gasteiger partial charge >= 0.3 is 11.9 Å². The molecule has 4 nitrogen and oxygen atoms in total. The van der Waals surface area contributed by atoms with E-state index >= 15 is 0 Å². The third-order valence-corrected chi connectivity index (χ3v) is 4.12. The Hall–Kier alpha value is -2.92. The fourth-order valence-corrected chi connectivity index (χ4v) is 2.48. The third-order valence-electron chi connectivity index (χ3n) is 3.59. The van der Waals surface area contributed by atoms with E-state index in [0.29, 0.717) is 16.9 Å². The summed E-state index contributed by atoms with van der Waals surface area (Å²) in [6.45, 7) is 0.208. The second-order valence-electron chi connectivity index (χ2n) is 5.48. The van der Waals surface area contributed by atoms with Crippen LogP contribution in [-0.2, 0) is 11.3 Å². The number of hydrogen-bond acceptors (Lipinski definition) is 4. The summed E-state index contributed by atoms with van der Waals surface area (Å²) in [7, 11) is 0. The van der Waals surface area contributed by atoms with E-state index in [0.717, 1.165) is 10.0 Å². The van der Waals surface area contributed by atoms with Gasteiger partial charge in [0.05, 0.1) is 11.1 Å². The summed E-state index contributed by atoms with van der Waals surface area (Å²) in [4.78, 5) is 24.1. The van der Waals surface area contributed by atoms with E-state index in [1.54, 1.807) is 48.5 Å². The van der Waals surface area contributed by atoms with Crippen LogP contribution in [0.25, 0.3) is 0 Å². The molecule has 0 aliphatic carbocycles. The molecule has 130 valence electrons. The number of carbonyl (C=O) groups excluding carboxylic acids is 2. The van der Waals surface area contributed by atoms with E-state index in [1.165, 1.54) is 0 Å². The Kier molecular flexibility index (Phi) is 5.81. The van der Waals surface area contributed by atoms with E-state index < -0.39 is 11.9 Å². The van der Waals surface area contributed by atoms with E-state index in [1.807, 2.05) is 30.3 Å². The molecule has 3 aromatic rings. The van der Waals surface area contributed by atoms with Crippen molar-refractivity contribution >= 4 is 27.9 Å². The largest absolute Gasteiger partial charge is 0.457 e. The Morgan fingerprint density at radius 2 is 1.31 bits per heavy atom. The standard InChI is InChI=1S/C21H15BrO4/c22-18-10-6-17(7-11-18)21(24)26-19-12-8-16(9-13-19)20(23)25-14-15-4-2-1-3-5-15/h1-13H,14H2. The zero-order chi connectivity index (χ0) is 18.4. The molecular weight excluding hydrogens is 396 g/mol. The third kappa shape index (κ3) is 4.80. The van der Waals surface area contributed by atoms with Crippen molar-refractivity contribution in [2.24, 2.45) is 0 Å². The van der Waals surface area contributed by atoms with Gasteiger partial charge in [0, 0.05) is 4.47 Å². The van der Waals surface area contributed by atoms with Crippen molar-refractivity contribution < 1.29 is 19.1 Å². The van der Waals surface area contributed by atoms with Gasteiger partial charge in [-0.05, 0) is 54.1 Å². The van der Waals surface area contributed by atoms with Crippen LogP contribution < -0.4 is 4.74 Å². The highest BCUT2D eigenvalue weighted by Crippen LogP contribution is 2.17. The molecule has 5 heteroatoms. The van der Waals surface area contributed by atoms with Gasteiger partial charge in [0.1, 0.15) is 12.4 Å². The van der Waals surface area contributed by atoms with Crippen molar-refractivity contribution in [2.75, 3.05) is 0 Å². The Morgan fingerprint density at radius 3 is 1.96 bits per heavy atom. The fourth-order valence-electron chi connectivity index (χ4n) is 2.22. The Morgan fingerprint density at radius 1 is 0.731 bits per heavy atom. The lowest BCUT2D eigenvalue weighted by molar-refractivity contribution is 0.0472. The van der Waals surface area contributed by atoms with Crippen molar-refractivity contribution in [1.29, 1.82) is 0 Å². The minimum atomic E-state index is -0.461. The van der Waals surface area contributed by atoms with Crippen LogP contribution in [-0.4, -0.2) is 11.9 Å². The van der Waals surface area contributed by atoms with Crippen molar-refractivity contribution in [3.63, 3.8) is 0 Å². The monoisotopic (exact) mass is 410 g/mol. The maximum absolute atomic E-state index is 12.1. The number of ether oxygens (including phenoxy) is 2. The normalized spacial score (nSPS) is 10.2. The topological polar surface area (TPSA) is 52.6 Å². The van der Waals surface area contributed by atoms with Gasteiger partial charge in [0.2, 0.25) is 0 Å². The van der Waals surface area contributed by atoms with Gasteiger partial charge in [-0.3, -0.25) is 0 Å². The molecule has 26 heavy (non-hydrogen) atoms. The molecule has 3 rings (SSSR count). The molecule has 0 fully saturated rings. The van der Waals surface area contributed by atoms with Crippen LogP contribution in [0.15, 0.2) is 83.3 Å². The zero-order valence-electron chi connectivity index (χ0n) is 13.7. The van der Waals surface area contributed by atoms with Crippen LogP contribution >= 0.6 is 15.9 Å². The highest BCUT2D eigenvalue weighted by molar-refractivity contribution is 9.10. The Bertz CT molecular complexity index is 888. The number of esters is 2. The Balaban J connectivity index is 1.58. The number of hydrogen-bond donors (Lipinski definition) is 0. The zero-order valence-corrected chi connectivity index (χ0v) is 15.3. The molecule has 0 N–H and O–H groups in total. The summed E-state index contributed by atoms with van der Waals surface area (Å²) >= 11 is 3.31. The lowest BCUT2D eigenvalue weighted by Gasteiger charge is -2.07. The predicted octanol–water partition coefficient (Wildman–Crippen LogP) is 5.03. The molecule has 0 aromatic heterocycles. The molecule has 0 radical (unpaired) electrons. The van der Waals surface area contributed by atoms with Crippen LogP contribution in [0.4, 0.5) is 0 Å². The van der Waals surface area contributed by atoms with Crippen LogP contribution in [0, 0.1) is 0 Å². The van der Waals surface area contributed by atoms with Gasteiger partial charge < -0.3 is 9.47 Å². The first-order chi connectivity index (χ1) is 12.6.